The van der Waals surface area contributed by atoms with Crippen LogP contribution in [-0.4, -0.2) is 53.1 Å². The molecule has 2 amide bonds. The standard InChI is InChI=1S/C26H36N2O5/c1-5-10-18-13-14-19-22(21(18)26(32)33-6-2)25(31)28(23(19)24(30)27-16(3)4)20(15-29)17-11-8-7-9-12-17/h7-9,11-14,16,18-23,29H,5-6,10,15H2,1-4H3,(H,27,30)/t18-,19+,20-,21-,22+,23+/m1/s1. The molecule has 0 aromatic heterocycles. The maximum Gasteiger partial charge on any atom is 0.310 e. The zero-order valence-electron chi connectivity index (χ0n) is 19.9. The molecule has 1 saturated heterocycles. The quantitative estimate of drug-likeness (QED) is 0.440. The van der Waals surface area contributed by atoms with Crippen LogP contribution < -0.4 is 5.32 Å². The van der Waals surface area contributed by atoms with E-state index in [2.05, 4.69) is 5.32 Å². The molecule has 3 rings (SSSR count). The second-order valence-electron chi connectivity index (χ2n) is 9.18. The maximum absolute atomic E-state index is 14.0. The van der Waals surface area contributed by atoms with Crippen molar-refractivity contribution >= 4 is 17.8 Å². The van der Waals surface area contributed by atoms with Crippen LogP contribution >= 0.6 is 0 Å². The number of hydrogen-bond donors (Lipinski definition) is 2. The molecule has 7 nitrogen and oxygen atoms in total. The number of ether oxygens (including phenoxy) is 1. The molecular weight excluding hydrogens is 420 g/mol. The minimum Gasteiger partial charge on any atom is -0.466 e. The number of amides is 2. The summed E-state index contributed by atoms with van der Waals surface area (Å²) in [6.45, 7) is 7.43. The molecule has 0 bridgehead atoms. The van der Waals surface area contributed by atoms with Crippen LogP contribution in [0.4, 0.5) is 0 Å². The molecule has 1 aliphatic carbocycles. The summed E-state index contributed by atoms with van der Waals surface area (Å²) in [7, 11) is 0. The smallest absolute Gasteiger partial charge is 0.310 e. The number of hydrogen-bond acceptors (Lipinski definition) is 5. The van der Waals surface area contributed by atoms with Crippen LogP contribution in [0.25, 0.3) is 0 Å². The second-order valence-corrected chi connectivity index (χ2v) is 9.18. The van der Waals surface area contributed by atoms with Gasteiger partial charge in [0, 0.05) is 12.0 Å². The number of carbonyl (C=O) groups excluding carboxylic acids is 3. The van der Waals surface area contributed by atoms with Crippen molar-refractivity contribution in [2.45, 2.75) is 58.7 Å². The third-order valence-corrected chi connectivity index (χ3v) is 6.62. The molecule has 6 atom stereocenters. The first-order valence-electron chi connectivity index (χ1n) is 12.0. The summed E-state index contributed by atoms with van der Waals surface area (Å²) in [5, 5.41) is 13.3. The van der Waals surface area contributed by atoms with Gasteiger partial charge < -0.3 is 20.1 Å². The number of likely N-dealkylation sites (tertiary alicyclic amines) is 1. The highest BCUT2D eigenvalue weighted by molar-refractivity contribution is 5.96. The Morgan fingerprint density at radius 2 is 1.85 bits per heavy atom. The maximum atomic E-state index is 14.0. The van der Waals surface area contributed by atoms with Crippen molar-refractivity contribution in [2.24, 2.45) is 23.7 Å². The molecular formula is C26H36N2O5. The molecule has 7 heteroatoms. The van der Waals surface area contributed by atoms with Crippen molar-refractivity contribution in [3.05, 3.63) is 48.0 Å². The SMILES string of the molecule is CCC[C@@H]1C=C[C@H]2[C@H](C(=O)N([C@H](CO)c3ccccc3)[C@@H]2C(=O)NC(C)C)[C@@H]1C(=O)OCC. The average molecular weight is 457 g/mol. The van der Waals surface area contributed by atoms with Gasteiger partial charge in [-0.3, -0.25) is 14.4 Å². The summed E-state index contributed by atoms with van der Waals surface area (Å²) in [6, 6.07) is 7.60. The van der Waals surface area contributed by atoms with E-state index in [1.165, 1.54) is 4.90 Å². The van der Waals surface area contributed by atoms with Crippen molar-refractivity contribution < 1.29 is 24.2 Å². The lowest BCUT2D eigenvalue weighted by Crippen LogP contribution is -2.50. The van der Waals surface area contributed by atoms with Gasteiger partial charge in [-0.05, 0) is 38.7 Å². The number of benzene rings is 1. The van der Waals surface area contributed by atoms with Gasteiger partial charge in [0.2, 0.25) is 11.8 Å². The van der Waals surface area contributed by atoms with Crippen LogP contribution in [0.15, 0.2) is 42.5 Å². The zero-order valence-corrected chi connectivity index (χ0v) is 19.9. The fourth-order valence-electron chi connectivity index (χ4n) is 5.35. The Kier molecular flexibility index (Phi) is 8.30. The molecule has 0 unspecified atom stereocenters. The highest BCUT2D eigenvalue weighted by Gasteiger charge is 2.59. The second kappa shape index (κ2) is 11.0. The van der Waals surface area contributed by atoms with E-state index in [1.807, 2.05) is 63.3 Å². The van der Waals surface area contributed by atoms with Gasteiger partial charge in [0.05, 0.1) is 31.1 Å². The summed E-state index contributed by atoms with van der Waals surface area (Å²) >= 11 is 0. The lowest BCUT2D eigenvalue weighted by Gasteiger charge is -2.34. The van der Waals surface area contributed by atoms with Gasteiger partial charge in [0.1, 0.15) is 6.04 Å². The van der Waals surface area contributed by atoms with Gasteiger partial charge in [-0.1, -0.05) is 55.8 Å². The largest absolute Gasteiger partial charge is 0.466 e. The van der Waals surface area contributed by atoms with E-state index in [4.69, 9.17) is 4.74 Å². The number of aliphatic hydroxyl groups is 1. The molecule has 1 aromatic rings. The summed E-state index contributed by atoms with van der Waals surface area (Å²) < 4.78 is 5.39. The number of carbonyl (C=O) groups is 3. The Hall–Kier alpha value is -2.67. The summed E-state index contributed by atoms with van der Waals surface area (Å²) in [5.74, 6) is -2.91. The first-order valence-corrected chi connectivity index (χ1v) is 12.0. The molecule has 0 spiro atoms. The predicted octanol–water partition coefficient (Wildman–Crippen LogP) is 2.85. The minimum absolute atomic E-state index is 0.112. The number of rotatable bonds is 9. The van der Waals surface area contributed by atoms with Crippen LogP contribution in [0.2, 0.25) is 0 Å². The molecule has 2 aliphatic rings. The Bertz CT molecular complexity index is 869. The fraction of sp³-hybridized carbons (Fsp3) is 0.577. The first-order chi connectivity index (χ1) is 15.8. The van der Waals surface area contributed by atoms with E-state index in [9.17, 15) is 19.5 Å². The molecule has 1 fully saturated rings. The van der Waals surface area contributed by atoms with Gasteiger partial charge in [-0.2, -0.15) is 0 Å². The van der Waals surface area contributed by atoms with Gasteiger partial charge in [-0.15, -0.1) is 0 Å². The third kappa shape index (κ3) is 4.98. The average Bonchev–Trinajstić information content (AvgIpc) is 3.07. The van der Waals surface area contributed by atoms with Crippen LogP contribution in [0, 0.1) is 23.7 Å². The molecule has 0 saturated carbocycles. The van der Waals surface area contributed by atoms with Gasteiger partial charge >= 0.3 is 5.97 Å². The van der Waals surface area contributed by atoms with E-state index in [1.54, 1.807) is 6.92 Å². The summed E-state index contributed by atoms with van der Waals surface area (Å²) in [6.07, 6.45) is 5.53. The van der Waals surface area contributed by atoms with Crippen molar-refractivity contribution in [1.29, 1.82) is 0 Å². The molecule has 33 heavy (non-hydrogen) atoms. The molecule has 1 heterocycles. The number of allylic oxidation sites excluding steroid dienone is 1. The summed E-state index contributed by atoms with van der Waals surface area (Å²) in [5.41, 5.74) is 0.746. The van der Waals surface area contributed by atoms with Crippen molar-refractivity contribution in [2.75, 3.05) is 13.2 Å². The number of nitrogens with zero attached hydrogens (tertiary/aromatic N) is 1. The molecule has 1 aliphatic heterocycles. The Morgan fingerprint density at radius 1 is 1.15 bits per heavy atom. The number of esters is 1. The topological polar surface area (TPSA) is 95.9 Å². The molecule has 0 radical (unpaired) electrons. The molecule has 180 valence electrons. The Balaban J connectivity index is 2.10. The van der Waals surface area contributed by atoms with E-state index in [-0.39, 0.29) is 37.0 Å². The number of nitrogens with one attached hydrogen (secondary N) is 1. The highest BCUT2D eigenvalue weighted by Crippen LogP contribution is 2.48. The lowest BCUT2D eigenvalue weighted by molar-refractivity contribution is -0.156. The van der Waals surface area contributed by atoms with Crippen molar-refractivity contribution in [1.82, 2.24) is 10.2 Å². The lowest BCUT2D eigenvalue weighted by atomic mass is 9.69. The van der Waals surface area contributed by atoms with Crippen molar-refractivity contribution in [3.8, 4) is 0 Å². The Morgan fingerprint density at radius 3 is 2.42 bits per heavy atom. The third-order valence-electron chi connectivity index (χ3n) is 6.62. The van der Waals surface area contributed by atoms with E-state index >= 15 is 0 Å². The number of aliphatic hydroxyl groups excluding tert-OH is 1. The van der Waals surface area contributed by atoms with Gasteiger partial charge in [0.15, 0.2) is 0 Å². The van der Waals surface area contributed by atoms with E-state index < -0.39 is 35.8 Å². The van der Waals surface area contributed by atoms with Crippen LogP contribution in [0.5, 0.6) is 0 Å². The van der Waals surface area contributed by atoms with Gasteiger partial charge in [0.25, 0.3) is 0 Å². The normalized spacial score (nSPS) is 27.4. The predicted molar refractivity (Wildman–Crippen MR) is 125 cm³/mol. The highest BCUT2D eigenvalue weighted by atomic mass is 16.5. The van der Waals surface area contributed by atoms with Crippen LogP contribution in [-0.2, 0) is 19.1 Å². The monoisotopic (exact) mass is 456 g/mol. The van der Waals surface area contributed by atoms with Gasteiger partial charge in [-0.25, -0.2) is 0 Å². The van der Waals surface area contributed by atoms with Crippen LogP contribution in [0.3, 0.4) is 0 Å². The van der Waals surface area contributed by atoms with E-state index in [0.29, 0.717) is 0 Å². The fourth-order valence-corrected chi connectivity index (χ4v) is 5.35. The molecule has 2 N–H and O–H groups in total. The Labute approximate surface area is 196 Å². The minimum atomic E-state index is -0.821. The zero-order chi connectivity index (χ0) is 24.1. The van der Waals surface area contributed by atoms with Crippen molar-refractivity contribution in [3.63, 3.8) is 0 Å². The van der Waals surface area contributed by atoms with Crippen LogP contribution in [0.1, 0.15) is 52.1 Å². The number of fused-ring (bicyclic) bond motifs is 1. The first kappa shape index (κ1) is 25.0. The van der Waals surface area contributed by atoms with E-state index in [0.717, 1.165) is 18.4 Å². The molecule has 1 aromatic carbocycles. The summed E-state index contributed by atoms with van der Waals surface area (Å²) in [4.78, 5) is 41.9.